The van der Waals surface area contributed by atoms with Gasteiger partial charge in [0.15, 0.2) is 0 Å². The third kappa shape index (κ3) is 4.10. The summed E-state index contributed by atoms with van der Waals surface area (Å²) in [5.41, 5.74) is 7.51. The van der Waals surface area contributed by atoms with Gasteiger partial charge in [0, 0.05) is 43.0 Å². The van der Waals surface area contributed by atoms with Crippen molar-refractivity contribution in [1.29, 1.82) is 0 Å². The molecular weight excluding hydrogens is 308 g/mol. The minimum absolute atomic E-state index is 0.0407. The van der Waals surface area contributed by atoms with Crippen LogP contribution in [-0.4, -0.2) is 24.9 Å². The number of nitrogens with zero attached hydrogens (tertiary/aromatic N) is 2. The Kier molecular flexibility index (Phi) is 5.16. The molecule has 0 aliphatic carbocycles. The molecule has 2 aromatic rings. The Labute approximate surface area is 139 Å². The molecule has 0 heterocycles. The summed E-state index contributed by atoms with van der Waals surface area (Å²) in [6, 6.07) is 13.1. The quantitative estimate of drug-likeness (QED) is 0.629. The van der Waals surface area contributed by atoms with E-state index in [9.17, 15) is 14.9 Å². The van der Waals surface area contributed by atoms with E-state index < -0.39 is 4.92 Å². The van der Waals surface area contributed by atoms with Crippen molar-refractivity contribution in [3.63, 3.8) is 0 Å². The molecule has 0 unspecified atom stereocenters. The predicted molar refractivity (Wildman–Crippen MR) is 93.5 cm³/mol. The van der Waals surface area contributed by atoms with Crippen molar-refractivity contribution in [2.45, 2.75) is 0 Å². The molecular formula is C17H18N4O3. The molecule has 2 aromatic carbocycles. The number of carbonyl (C=O) groups is 1. The zero-order valence-corrected chi connectivity index (χ0v) is 13.4. The number of hydrogen-bond acceptors (Lipinski definition) is 5. The second-order valence-electron chi connectivity index (χ2n) is 5.31. The van der Waals surface area contributed by atoms with E-state index in [-0.39, 0.29) is 11.6 Å². The highest BCUT2D eigenvalue weighted by atomic mass is 16.6. The first-order chi connectivity index (χ1) is 11.4. The van der Waals surface area contributed by atoms with Crippen LogP contribution in [0.2, 0.25) is 0 Å². The van der Waals surface area contributed by atoms with Gasteiger partial charge in [0.1, 0.15) is 0 Å². The minimum atomic E-state index is -0.484. The highest BCUT2D eigenvalue weighted by Gasteiger charge is 2.09. The van der Waals surface area contributed by atoms with E-state index in [1.54, 1.807) is 24.3 Å². The first-order valence-corrected chi connectivity index (χ1v) is 7.16. The van der Waals surface area contributed by atoms with Crippen molar-refractivity contribution in [3.05, 3.63) is 76.4 Å². The molecule has 24 heavy (non-hydrogen) atoms. The first kappa shape index (κ1) is 17.0. The molecule has 2 N–H and O–H groups in total. The van der Waals surface area contributed by atoms with Crippen LogP contribution < -0.4 is 15.8 Å². The third-order valence-electron chi connectivity index (χ3n) is 3.38. The van der Waals surface area contributed by atoms with Crippen LogP contribution in [0.5, 0.6) is 0 Å². The summed E-state index contributed by atoms with van der Waals surface area (Å²) >= 11 is 0. The Morgan fingerprint density at radius 3 is 2.33 bits per heavy atom. The van der Waals surface area contributed by atoms with Crippen LogP contribution in [0.4, 0.5) is 11.4 Å². The van der Waals surface area contributed by atoms with Crippen molar-refractivity contribution in [2.75, 3.05) is 19.0 Å². The van der Waals surface area contributed by atoms with Crippen LogP contribution in [0.15, 0.2) is 55.1 Å². The van der Waals surface area contributed by atoms with Crippen LogP contribution in [-0.2, 0) is 0 Å². The highest BCUT2D eigenvalue weighted by Crippen LogP contribution is 2.17. The number of anilines is 1. The van der Waals surface area contributed by atoms with E-state index in [0.717, 1.165) is 5.69 Å². The molecule has 0 saturated carbocycles. The Balaban J connectivity index is 1.99. The second-order valence-corrected chi connectivity index (χ2v) is 5.31. The lowest BCUT2D eigenvalue weighted by Gasteiger charge is -2.14. The van der Waals surface area contributed by atoms with Gasteiger partial charge < -0.3 is 4.90 Å². The van der Waals surface area contributed by atoms with Crippen LogP contribution in [0.3, 0.4) is 0 Å². The molecule has 0 radical (unpaired) electrons. The normalized spacial score (nSPS) is 9.92. The molecule has 0 aliphatic rings. The third-order valence-corrected chi connectivity index (χ3v) is 3.38. The van der Waals surface area contributed by atoms with Crippen molar-refractivity contribution in [3.8, 4) is 0 Å². The van der Waals surface area contributed by atoms with Gasteiger partial charge in [-0.2, -0.15) is 0 Å². The van der Waals surface area contributed by atoms with Gasteiger partial charge in [-0.25, -0.2) is 0 Å². The van der Waals surface area contributed by atoms with E-state index in [1.165, 1.54) is 12.1 Å². The van der Waals surface area contributed by atoms with E-state index in [0.29, 0.717) is 16.8 Å². The fourth-order valence-electron chi connectivity index (χ4n) is 1.99. The van der Waals surface area contributed by atoms with Gasteiger partial charge in [-0.05, 0) is 24.3 Å². The van der Waals surface area contributed by atoms with Gasteiger partial charge in [-0.1, -0.05) is 18.7 Å². The molecule has 124 valence electrons. The molecule has 7 heteroatoms. The molecule has 2 rings (SSSR count). The number of hydrazine groups is 1. The highest BCUT2D eigenvalue weighted by molar-refractivity contribution is 5.94. The molecule has 0 bridgehead atoms. The summed E-state index contributed by atoms with van der Waals surface area (Å²) in [6.07, 6.45) is 0. The molecule has 7 nitrogen and oxygen atoms in total. The number of rotatable bonds is 6. The van der Waals surface area contributed by atoms with Crippen molar-refractivity contribution in [2.24, 2.45) is 0 Å². The molecule has 0 saturated heterocycles. The molecule has 0 spiro atoms. The zero-order valence-electron chi connectivity index (χ0n) is 13.4. The van der Waals surface area contributed by atoms with E-state index in [2.05, 4.69) is 17.4 Å². The summed E-state index contributed by atoms with van der Waals surface area (Å²) in [5, 5.41) is 10.8. The average molecular weight is 326 g/mol. The standard InChI is InChI=1S/C17H18N4O3/c1-12(14-5-4-6-16(11-14)21(23)24)18-19-17(22)13-7-9-15(10-8-13)20(2)3/h4-11,18H,1H2,2-3H3,(H,19,22). The first-order valence-electron chi connectivity index (χ1n) is 7.16. The predicted octanol–water partition coefficient (Wildman–Crippen LogP) is 2.57. The van der Waals surface area contributed by atoms with Gasteiger partial charge in [-0.3, -0.25) is 25.8 Å². The number of carbonyl (C=O) groups excluding carboxylic acids is 1. The maximum atomic E-state index is 12.1. The van der Waals surface area contributed by atoms with Gasteiger partial charge in [0.25, 0.3) is 11.6 Å². The largest absolute Gasteiger partial charge is 0.378 e. The lowest BCUT2D eigenvalue weighted by atomic mass is 10.1. The van der Waals surface area contributed by atoms with Crippen LogP contribution in [0.1, 0.15) is 15.9 Å². The maximum Gasteiger partial charge on any atom is 0.270 e. The van der Waals surface area contributed by atoms with Gasteiger partial charge >= 0.3 is 0 Å². The monoisotopic (exact) mass is 326 g/mol. The van der Waals surface area contributed by atoms with E-state index in [1.807, 2.05) is 31.1 Å². The number of non-ortho nitro benzene ring substituents is 1. The summed E-state index contributed by atoms with van der Waals surface area (Å²) in [5.74, 6) is -0.327. The van der Waals surface area contributed by atoms with Crippen molar-refractivity contribution in [1.82, 2.24) is 10.9 Å². The van der Waals surface area contributed by atoms with Crippen molar-refractivity contribution >= 4 is 23.0 Å². The Hall–Kier alpha value is -3.35. The zero-order chi connectivity index (χ0) is 17.7. The second kappa shape index (κ2) is 7.28. The summed E-state index contributed by atoms with van der Waals surface area (Å²) in [7, 11) is 3.83. The van der Waals surface area contributed by atoms with Crippen molar-refractivity contribution < 1.29 is 9.72 Å². The average Bonchev–Trinajstić information content (AvgIpc) is 2.59. The van der Waals surface area contributed by atoms with E-state index in [4.69, 9.17) is 0 Å². The Bertz CT molecular complexity index is 770. The number of benzene rings is 2. The molecule has 0 fully saturated rings. The van der Waals surface area contributed by atoms with Gasteiger partial charge in [0.05, 0.1) is 10.6 Å². The van der Waals surface area contributed by atoms with Crippen LogP contribution >= 0.6 is 0 Å². The Morgan fingerprint density at radius 2 is 1.75 bits per heavy atom. The SMILES string of the molecule is C=C(NNC(=O)c1ccc(N(C)C)cc1)c1cccc([N+](=O)[O-])c1. The number of nitrogens with one attached hydrogen (secondary N) is 2. The van der Waals surface area contributed by atoms with Crippen LogP contribution in [0.25, 0.3) is 5.70 Å². The summed E-state index contributed by atoms with van der Waals surface area (Å²) in [6.45, 7) is 3.77. The van der Waals surface area contributed by atoms with Gasteiger partial charge in [0.2, 0.25) is 0 Å². The summed E-state index contributed by atoms with van der Waals surface area (Å²) in [4.78, 5) is 24.3. The topological polar surface area (TPSA) is 87.5 Å². The fourth-order valence-corrected chi connectivity index (χ4v) is 1.99. The summed E-state index contributed by atoms with van der Waals surface area (Å²) < 4.78 is 0. The lowest BCUT2D eigenvalue weighted by Crippen LogP contribution is -2.35. The van der Waals surface area contributed by atoms with Gasteiger partial charge in [-0.15, -0.1) is 0 Å². The minimum Gasteiger partial charge on any atom is -0.378 e. The number of nitro benzene ring substituents is 1. The number of nitro groups is 1. The van der Waals surface area contributed by atoms with Crippen LogP contribution in [0, 0.1) is 10.1 Å². The number of hydrogen-bond donors (Lipinski definition) is 2. The molecule has 0 atom stereocenters. The fraction of sp³-hybridized carbons (Fsp3) is 0.118. The number of amides is 1. The Morgan fingerprint density at radius 1 is 1.08 bits per heavy atom. The smallest absolute Gasteiger partial charge is 0.270 e. The molecule has 0 aliphatic heterocycles. The molecule has 1 amide bonds. The van der Waals surface area contributed by atoms with E-state index >= 15 is 0 Å². The maximum absolute atomic E-state index is 12.1. The lowest BCUT2D eigenvalue weighted by molar-refractivity contribution is -0.384. The molecule has 0 aromatic heterocycles.